The summed E-state index contributed by atoms with van der Waals surface area (Å²) in [4.78, 5) is 16.2. The number of hydrogen-bond acceptors (Lipinski definition) is 6. The van der Waals surface area contributed by atoms with Gasteiger partial charge in [-0.05, 0) is 38.5 Å². The first-order valence-corrected chi connectivity index (χ1v) is 9.94. The molecule has 0 spiro atoms. The molecule has 1 heterocycles. The van der Waals surface area contributed by atoms with E-state index in [2.05, 4.69) is 31.0 Å². The van der Waals surface area contributed by atoms with Gasteiger partial charge < -0.3 is 5.32 Å². The number of aromatic amines is 1. The Morgan fingerprint density at radius 1 is 1.17 bits per heavy atom. The van der Waals surface area contributed by atoms with Gasteiger partial charge in [0.25, 0.3) is 0 Å². The molecule has 0 bridgehead atoms. The average Bonchev–Trinajstić information content (AvgIpc) is 3.18. The molecular formula is C16H26N6OS. The van der Waals surface area contributed by atoms with Crippen LogP contribution >= 0.6 is 11.8 Å². The molecule has 1 aromatic rings. The SMILES string of the molecule is O=C(CSc1n[nH]c(NN=C2CCCCCC2)n1)NC1CCCC1. The summed E-state index contributed by atoms with van der Waals surface area (Å²) in [5.74, 6) is 0.942. The number of nitrogens with zero attached hydrogens (tertiary/aromatic N) is 3. The molecule has 0 atom stereocenters. The van der Waals surface area contributed by atoms with Gasteiger partial charge in [-0.25, -0.2) is 10.5 Å². The summed E-state index contributed by atoms with van der Waals surface area (Å²) in [6, 6.07) is 0.359. The smallest absolute Gasteiger partial charge is 0.240 e. The zero-order valence-electron chi connectivity index (χ0n) is 14.0. The highest BCUT2D eigenvalue weighted by Gasteiger charge is 2.17. The van der Waals surface area contributed by atoms with Crippen molar-refractivity contribution >= 4 is 29.3 Å². The summed E-state index contributed by atoms with van der Waals surface area (Å²) in [7, 11) is 0. The third-order valence-corrected chi connectivity index (χ3v) is 5.37. The Bertz CT molecular complexity index is 557. The molecule has 132 valence electrons. The van der Waals surface area contributed by atoms with Crippen LogP contribution in [0.4, 0.5) is 5.95 Å². The molecule has 24 heavy (non-hydrogen) atoms. The fraction of sp³-hybridized carbons (Fsp3) is 0.750. The number of aromatic nitrogens is 3. The summed E-state index contributed by atoms with van der Waals surface area (Å²) in [6.07, 6.45) is 11.8. The van der Waals surface area contributed by atoms with Crippen molar-refractivity contribution in [3.63, 3.8) is 0 Å². The van der Waals surface area contributed by atoms with E-state index >= 15 is 0 Å². The van der Waals surface area contributed by atoms with Crippen LogP contribution in [-0.2, 0) is 4.79 Å². The standard InChI is InChI=1S/C16H26N6OS/c23-14(17-12-7-5-6-8-12)11-24-16-18-15(21-22-16)20-19-13-9-3-1-2-4-10-13/h12H,1-11H2,(H,17,23)(H2,18,20,21,22). The Hall–Kier alpha value is -1.57. The molecule has 2 fully saturated rings. The average molecular weight is 350 g/mol. The minimum Gasteiger partial charge on any atom is -0.353 e. The van der Waals surface area contributed by atoms with Gasteiger partial charge in [-0.2, -0.15) is 10.1 Å². The van der Waals surface area contributed by atoms with Crippen molar-refractivity contribution in [3.05, 3.63) is 0 Å². The highest BCUT2D eigenvalue weighted by atomic mass is 32.2. The van der Waals surface area contributed by atoms with E-state index in [0.717, 1.165) is 25.7 Å². The summed E-state index contributed by atoms with van der Waals surface area (Å²) < 4.78 is 0. The lowest BCUT2D eigenvalue weighted by atomic mass is 10.2. The van der Waals surface area contributed by atoms with Crippen LogP contribution in [0.2, 0.25) is 0 Å². The van der Waals surface area contributed by atoms with Crippen LogP contribution < -0.4 is 10.7 Å². The second kappa shape index (κ2) is 9.05. The molecule has 1 aromatic heterocycles. The van der Waals surface area contributed by atoms with E-state index in [-0.39, 0.29) is 5.91 Å². The molecule has 2 aliphatic carbocycles. The van der Waals surface area contributed by atoms with E-state index < -0.39 is 0 Å². The van der Waals surface area contributed by atoms with Crippen molar-refractivity contribution in [1.29, 1.82) is 0 Å². The number of hydrogen-bond donors (Lipinski definition) is 3. The predicted molar refractivity (Wildman–Crippen MR) is 96.3 cm³/mol. The number of thioether (sulfide) groups is 1. The van der Waals surface area contributed by atoms with E-state index in [1.54, 1.807) is 0 Å². The third-order valence-electron chi connectivity index (χ3n) is 4.52. The van der Waals surface area contributed by atoms with Crippen molar-refractivity contribution in [3.8, 4) is 0 Å². The molecule has 0 unspecified atom stereocenters. The monoisotopic (exact) mass is 350 g/mol. The lowest BCUT2D eigenvalue weighted by molar-refractivity contribution is -0.119. The van der Waals surface area contributed by atoms with E-state index in [9.17, 15) is 4.79 Å². The van der Waals surface area contributed by atoms with Gasteiger partial charge in [0.15, 0.2) is 0 Å². The molecule has 0 radical (unpaired) electrons. The van der Waals surface area contributed by atoms with E-state index in [1.165, 1.54) is 56.0 Å². The normalized spacial score (nSPS) is 19.1. The molecule has 7 nitrogen and oxygen atoms in total. The summed E-state index contributed by atoms with van der Waals surface area (Å²) >= 11 is 1.34. The Morgan fingerprint density at radius 3 is 2.67 bits per heavy atom. The summed E-state index contributed by atoms with van der Waals surface area (Å²) in [5, 5.41) is 15.0. The van der Waals surface area contributed by atoms with Crippen LogP contribution in [-0.4, -0.2) is 38.6 Å². The Morgan fingerprint density at radius 2 is 1.92 bits per heavy atom. The van der Waals surface area contributed by atoms with E-state index in [4.69, 9.17) is 0 Å². The van der Waals surface area contributed by atoms with Crippen molar-refractivity contribution in [1.82, 2.24) is 20.5 Å². The van der Waals surface area contributed by atoms with Crippen LogP contribution in [0.25, 0.3) is 0 Å². The number of anilines is 1. The zero-order chi connectivity index (χ0) is 16.6. The quantitative estimate of drug-likeness (QED) is 0.416. The molecule has 2 saturated carbocycles. The van der Waals surface area contributed by atoms with Crippen LogP contribution in [0.1, 0.15) is 64.2 Å². The van der Waals surface area contributed by atoms with Crippen molar-refractivity contribution < 1.29 is 4.79 Å². The van der Waals surface area contributed by atoms with Crippen LogP contribution in [0, 0.1) is 0 Å². The van der Waals surface area contributed by atoms with Crippen LogP contribution in [0.3, 0.4) is 0 Å². The fourth-order valence-corrected chi connectivity index (χ4v) is 3.82. The second-order valence-corrected chi connectivity index (χ2v) is 7.45. The van der Waals surface area contributed by atoms with Gasteiger partial charge >= 0.3 is 0 Å². The molecule has 1 amide bonds. The van der Waals surface area contributed by atoms with Crippen molar-refractivity contribution in [2.24, 2.45) is 5.10 Å². The first-order chi connectivity index (χ1) is 11.8. The number of H-pyrrole nitrogens is 1. The maximum atomic E-state index is 11.9. The summed E-state index contributed by atoms with van der Waals surface area (Å²) in [5.41, 5.74) is 4.16. The maximum Gasteiger partial charge on any atom is 0.240 e. The molecule has 8 heteroatoms. The van der Waals surface area contributed by atoms with Gasteiger partial charge in [-0.1, -0.05) is 37.4 Å². The van der Waals surface area contributed by atoms with Gasteiger partial charge in [-0.3, -0.25) is 4.79 Å². The Balaban J connectivity index is 1.41. The summed E-state index contributed by atoms with van der Waals surface area (Å²) in [6.45, 7) is 0. The van der Waals surface area contributed by atoms with Gasteiger partial charge in [0.05, 0.1) is 5.75 Å². The molecule has 3 rings (SSSR count). The Labute approximate surface area is 146 Å². The second-order valence-electron chi connectivity index (χ2n) is 6.51. The molecular weight excluding hydrogens is 324 g/mol. The predicted octanol–water partition coefficient (Wildman–Crippen LogP) is 3.08. The minimum atomic E-state index is 0.0601. The topological polar surface area (TPSA) is 95.1 Å². The van der Waals surface area contributed by atoms with Gasteiger partial charge in [0, 0.05) is 11.8 Å². The number of amides is 1. The zero-order valence-corrected chi connectivity index (χ0v) is 14.8. The first kappa shape index (κ1) is 17.3. The number of rotatable bonds is 6. The highest BCUT2D eigenvalue weighted by Crippen LogP contribution is 2.19. The van der Waals surface area contributed by atoms with Crippen LogP contribution in [0.15, 0.2) is 10.3 Å². The van der Waals surface area contributed by atoms with Gasteiger partial charge in [-0.15, -0.1) is 5.10 Å². The molecule has 0 saturated heterocycles. The largest absolute Gasteiger partial charge is 0.353 e. The first-order valence-electron chi connectivity index (χ1n) is 8.95. The number of carbonyl (C=O) groups is 1. The fourth-order valence-electron chi connectivity index (χ4n) is 3.21. The molecule has 3 N–H and O–H groups in total. The molecule has 0 aromatic carbocycles. The van der Waals surface area contributed by atoms with Crippen molar-refractivity contribution in [2.75, 3.05) is 11.2 Å². The highest BCUT2D eigenvalue weighted by molar-refractivity contribution is 7.99. The van der Waals surface area contributed by atoms with Crippen molar-refractivity contribution in [2.45, 2.75) is 75.4 Å². The van der Waals surface area contributed by atoms with Gasteiger partial charge in [0.1, 0.15) is 0 Å². The lowest BCUT2D eigenvalue weighted by Gasteiger charge is -2.10. The van der Waals surface area contributed by atoms with Crippen LogP contribution in [0.5, 0.6) is 0 Å². The molecule has 0 aliphatic heterocycles. The number of carbonyl (C=O) groups excluding carboxylic acids is 1. The maximum absolute atomic E-state index is 11.9. The number of nitrogens with one attached hydrogen (secondary N) is 3. The third kappa shape index (κ3) is 5.51. The molecule has 2 aliphatic rings. The Kier molecular flexibility index (Phi) is 6.51. The van der Waals surface area contributed by atoms with Gasteiger partial charge in [0.2, 0.25) is 17.0 Å². The van der Waals surface area contributed by atoms with E-state index in [1.807, 2.05) is 0 Å². The minimum absolute atomic E-state index is 0.0601. The number of hydrazone groups is 1. The lowest BCUT2D eigenvalue weighted by Crippen LogP contribution is -2.33. The van der Waals surface area contributed by atoms with E-state index in [0.29, 0.717) is 22.9 Å².